The van der Waals surface area contributed by atoms with Crippen LogP contribution in [0.15, 0.2) is 48.5 Å². The molecule has 7 nitrogen and oxygen atoms in total. The summed E-state index contributed by atoms with van der Waals surface area (Å²) >= 11 is 0. The molecule has 0 bridgehead atoms. The van der Waals surface area contributed by atoms with E-state index in [1.54, 1.807) is 12.1 Å². The third-order valence-electron chi connectivity index (χ3n) is 5.91. The molecular weight excluding hydrogens is 404 g/mol. The van der Waals surface area contributed by atoms with Crippen molar-refractivity contribution in [1.29, 1.82) is 0 Å². The number of hydrogen-bond acceptors (Lipinski definition) is 5. The van der Waals surface area contributed by atoms with E-state index in [1.165, 1.54) is 18.5 Å². The lowest BCUT2D eigenvalue weighted by Crippen LogP contribution is -2.48. The first kappa shape index (κ1) is 22.1. The molecule has 2 aromatic rings. The van der Waals surface area contributed by atoms with Crippen molar-refractivity contribution in [3.63, 3.8) is 0 Å². The minimum atomic E-state index is -0.115. The molecule has 0 aliphatic carbocycles. The van der Waals surface area contributed by atoms with Gasteiger partial charge in [-0.1, -0.05) is 0 Å². The Morgan fingerprint density at radius 3 is 2.12 bits per heavy atom. The van der Waals surface area contributed by atoms with Crippen LogP contribution in [0.1, 0.15) is 37.0 Å². The van der Waals surface area contributed by atoms with Gasteiger partial charge in [0.2, 0.25) is 5.91 Å². The summed E-state index contributed by atoms with van der Waals surface area (Å²) in [6.45, 7) is 7.52. The molecule has 2 amide bonds. The normalized spacial score (nSPS) is 20.8. The van der Waals surface area contributed by atoms with Crippen LogP contribution in [-0.4, -0.2) is 61.6 Å². The van der Waals surface area contributed by atoms with Crippen LogP contribution in [0.2, 0.25) is 0 Å². The number of nitrogens with one attached hydrogen (secondary N) is 2. The van der Waals surface area contributed by atoms with Crippen LogP contribution >= 0.6 is 0 Å². The molecule has 32 heavy (non-hydrogen) atoms. The Labute approximate surface area is 189 Å². The van der Waals surface area contributed by atoms with E-state index in [4.69, 9.17) is 4.74 Å². The van der Waals surface area contributed by atoms with E-state index >= 15 is 0 Å². The number of carbonyl (C=O) groups excluding carboxylic acids is 2. The molecule has 0 radical (unpaired) electrons. The highest BCUT2D eigenvalue weighted by molar-refractivity contribution is 5.95. The highest BCUT2D eigenvalue weighted by atomic mass is 16.5. The first-order valence-corrected chi connectivity index (χ1v) is 11.4. The maximum atomic E-state index is 12.8. The molecular formula is C25H32N4O3. The van der Waals surface area contributed by atoms with E-state index in [2.05, 4.69) is 27.7 Å². The van der Waals surface area contributed by atoms with Crippen LogP contribution < -0.4 is 15.5 Å². The van der Waals surface area contributed by atoms with Gasteiger partial charge in [-0.2, -0.15) is 0 Å². The summed E-state index contributed by atoms with van der Waals surface area (Å²) < 4.78 is 5.70. The summed E-state index contributed by atoms with van der Waals surface area (Å²) in [5, 5.41) is 6.03. The lowest BCUT2D eigenvalue weighted by molar-refractivity contribution is -0.114. The number of rotatable bonds is 6. The molecule has 7 heteroatoms. The van der Waals surface area contributed by atoms with Gasteiger partial charge in [-0.15, -0.1) is 0 Å². The molecule has 2 aliphatic rings. The number of nitrogens with zero attached hydrogens (tertiary/aromatic N) is 2. The molecule has 0 spiro atoms. The minimum absolute atomic E-state index is 0.00803. The quantitative estimate of drug-likeness (QED) is 0.724. The molecule has 4 rings (SSSR count). The van der Waals surface area contributed by atoms with Gasteiger partial charge in [-0.3, -0.25) is 9.59 Å². The van der Waals surface area contributed by atoms with E-state index in [0.29, 0.717) is 18.7 Å². The highest BCUT2D eigenvalue weighted by Crippen LogP contribution is 2.22. The lowest BCUT2D eigenvalue weighted by Gasteiger charge is -2.35. The van der Waals surface area contributed by atoms with Gasteiger partial charge in [0.15, 0.2) is 0 Å². The number of benzene rings is 2. The van der Waals surface area contributed by atoms with Crippen LogP contribution in [0.3, 0.4) is 0 Å². The van der Waals surface area contributed by atoms with Crippen molar-refractivity contribution in [3.05, 3.63) is 54.1 Å². The van der Waals surface area contributed by atoms with Crippen molar-refractivity contribution in [2.24, 2.45) is 0 Å². The predicted molar refractivity (Wildman–Crippen MR) is 127 cm³/mol. The zero-order valence-corrected chi connectivity index (χ0v) is 18.8. The van der Waals surface area contributed by atoms with Crippen molar-refractivity contribution in [1.82, 2.24) is 4.90 Å². The largest absolute Gasteiger partial charge is 0.376 e. The molecule has 170 valence electrons. The van der Waals surface area contributed by atoms with E-state index in [0.717, 1.165) is 24.5 Å². The van der Waals surface area contributed by atoms with Crippen molar-refractivity contribution in [3.8, 4) is 0 Å². The molecule has 2 atom stereocenters. The fourth-order valence-electron chi connectivity index (χ4n) is 4.38. The summed E-state index contributed by atoms with van der Waals surface area (Å²) in [5.41, 5.74) is 3.42. The first-order valence-electron chi connectivity index (χ1n) is 11.4. The summed E-state index contributed by atoms with van der Waals surface area (Å²) in [7, 11) is 0. The van der Waals surface area contributed by atoms with Gasteiger partial charge < -0.3 is 25.2 Å². The molecule has 2 aliphatic heterocycles. The van der Waals surface area contributed by atoms with Crippen LogP contribution in [0.5, 0.6) is 0 Å². The zero-order valence-electron chi connectivity index (χ0n) is 18.8. The Balaban J connectivity index is 1.25. The van der Waals surface area contributed by atoms with Gasteiger partial charge in [-0.05, 0) is 75.2 Å². The molecule has 0 saturated carbocycles. The molecule has 0 aromatic heterocycles. The Kier molecular flexibility index (Phi) is 6.95. The summed E-state index contributed by atoms with van der Waals surface area (Å²) in [4.78, 5) is 29.3. The third-order valence-corrected chi connectivity index (χ3v) is 5.91. The standard InChI is InChI=1S/C25H32N4O3/c1-18-16-29(17-19(2)32-18)25(31)20-5-7-21(8-6-20)26-15-24(30)27-22-9-11-23(12-10-22)28-13-3-4-14-28/h5-12,18-19,26H,3-4,13-17H2,1-2H3,(H,27,30). The minimum Gasteiger partial charge on any atom is -0.376 e. The maximum absolute atomic E-state index is 12.8. The molecule has 2 fully saturated rings. The number of hydrogen-bond donors (Lipinski definition) is 2. The van der Waals surface area contributed by atoms with Crippen LogP contribution in [0, 0.1) is 0 Å². The van der Waals surface area contributed by atoms with Gasteiger partial charge in [0.25, 0.3) is 5.91 Å². The number of ether oxygens (including phenoxy) is 1. The second-order valence-corrected chi connectivity index (χ2v) is 8.69. The van der Waals surface area contributed by atoms with E-state index < -0.39 is 0 Å². The Morgan fingerprint density at radius 2 is 1.50 bits per heavy atom. The van der Waals surface area contributed by atoms with Crippen molar-refractivity contribution in [2.45, 2.75) is 38.9 Å². The topological polar surface area (TPSA) is 73.9 Å². The zero-order chi connectivity index (χ0) is 22.5. The Morgan fingerprint density at radius 1 is 0.906 bits per heavy atom. The van der Waals surface area contributed by atoms with Crippen molar-refractivity contribution < 1.29 is 14.3 Å². The average molecular weight is 437 g/mol. The summed E-state index contributed by atoms with van der Waals surface area (Å²) in [5.74, 6) is -0.107. The summed E-state index contributed by atoms with van der Waals surface area (Å²) in [6.07, 6.45) is 2.56. The van der Waals surface area contributed by atoms with E-state index in [-0.39, 0.29) is 30.6 Å². The average Bonchev–Trinajstić information content (AvgIpc) is 3.32. The number of amides is 2. The second kappa shape index (κ2) is 10.0. The van der Waals surface area contributed by atoms with Gasteiger partial charge in [0.05, 0.1) is 18.8 Å². The van der Waals surface area contributed by atoms with E-state index in [9.17, 15) is 9.59 Å². The number of morpholine rings is 1. The highest BCUT2D eigenvalue weighted by Gasteiger charge is 2.26. The molecule has 2 N–H and O–H groups in total. The second-order valence-electron chi connectivity index (χ2n) is 8.69. The molecule has 2 aromatic carbocycles. The maximum Gasteiger partial charge on any atom is 0.254 e. The third kappa shape index (κ3) is 5.59. The fraction of sp³-hybridized carbons (Fsp3) is 0.440. The molecule has 2 unspecified atom stereocenters. The monoisotopic (exact) mass is 436 g/mol. The van der Waals surface area contributed by atoms with Crippen LogP contribution in [0.25, 0.3) is 0 Å². The lowest BCUT2D eigenvalue weighted by atomic mass is 10.1. The number of anilines is 3. The van der Waals surface area contributed by atoms with E-state index in [1.807, 2.05) is 43.0 Å². The van der Waals surface area contributed by atoms with Crippen molar-refractivity contribution >= 4 is 28.9 Å². The molecule has 2 saturated heterocycles. The molecule has 2 heterocycles. The smallest absolute Gasteiger partial charge is 0.254 e. The van der Waals surface area contributed by atoms with Gasteiger partial charge in [-0.25, -0.2) is 0 Å². The first-order chi connectivity index (χ1) is 15.5. The predicted octanol–water partition coefficient (Wildman–Crippen LogP) is 3.59. The number of carbonyl (C=O) groups is 2. The Bertz CT molecular complexity index is 913. The van der Waals surface area contributed by atoms with Gasteiger partial charge >= 0.3 is 0 Å². The fourth-order valence-corrected chi connectivity index (χ4v) is 4.38. The summed E-state index contributed by atoms with van der Waals surface area (Å²) in [6, 6.07) is 15.3. The van der Waals surface area contributed by atoms with Gasteiger partial charge in [0, 0.05) is 48.8 Å². The van der Waals surface area contributed by atoms with Gasteiger partial charge in [0.1, 0.15) is 0 Å². The van der Waals surface area contributed by atoms with Crippen LogP contribution in [0.4, 0.5) is 17.1 Å². The van der Waals surface area contributed by atoms with Crippen molar-refractivity contribution in [2.75, 3.05) is 48.3 Å². The van der Waals surface area contributed by atoms with Crippen LogP contribution in [-0.2, 0) is 9.53 Å². The SMILES string of the molecule is CC1CN(C(=O)c2ccc(NCC(=O)Nc3ccc(N4CCCC4)cc3)cc2)CC(C)O1. The Hall–Kier alpha value is -3.06.